The van der Waals surface area contributed by atoms with Crippen LogP contribution in [0, 0.1) is 26.6 Å². The molecule has 0 saturated carbocycles. The fourth-order valence-corrected chi connectivity index (χ4v) is 2.06. The topological polar surface area (TPSA) is 76.8 Å². The second kappa shape index (κ2) is 5.49. The van der Waals surface area contributed by atoms with E-state index in [2.05, 4.69) is 10.2 Å². The Labute approximate surface area is 119 Å². The monoisotopic (exact) mass is 296 g/mol. The molecule has 1 aromatic heterocycles. The highest BCUT2D eigenvalue weighted by molar-refractivity contribution is 7.71. The fourth-order valence-electron chi connectivity index (χ4n) is 1.86. The normalized spacial score (nSPS) is 11.0. The summed E-state index contributed by atoms with van der Waals surface area (Å²) in [5, 5.41) is 17.2. The van der Waals surface area contributed by atoms with E-state index in [1.165, 1.54) is 12.1 Å². The van der Waals surface area contributed by atoms with Crippen LogP contribution in [0.1, 0.15) is 13.8 Å². The first kappa shape index (κ1) is 14.3. The number of aromatic nitrogens is 3. The maximum atomic E-state index is 14.0. The van der Waals surface area contributed by atoms with Crippen molar-refractivity contribution in [2.75, 3.05) is 0 Å². The van der Waals surface area contributed by atoms with Gasteiger partial charge in [0.2, 0.25) is 0 Å². The number of halogens is 1. The highest BCUT2D eigenvalue weighted by Crippen LogP contribution is 2.25. The van der Waals surface area contributed by atoms with Crippen LogP contribution in [0.25, 0.3) is 11.4 Å². The number of rotatable bonds is 4. The molecule has 0 bridgehead atoms. The number of H-pyrrole nitrogens is 1. The standard InChI is InChI=1S/C12H13FN4O2S/c1-7(2)6-16-11(14-15-12(16)20)9-4-3-8(17(18)19)5-10(9)13/h3-5,7H,6H2,1-2H3,(H,15,20). The minimum Gasteiger partial charge on any atom is -0.300 e. The largest absolute Gasteiger partial charge is 0.300 e. The van der Waals surface area contributed by atoms with Crippen LogP contribution < -0.4 is 0 Å². The van der Waals surface area contributed by atoms with Gasteiger partial charge in [-0.15, -0.1) is 0 Å². The Kier molecular flexibility index (Phi) is 3.93. The quantitative estimate of drug-likeness (QED) is 0.533. The summed E-state index contributed by atoms with van der Waals surface area (Å²) in [5.74, 6) is -0.0477. The maximum absolute atomic E-state index is 14.0. The Morgan fingerprint density at radius 2 is 2.25 bits per heavy atom. The number of nitro groups is 1. The van der Waals surface area contributed by atoms with Crippen molar-refractivity contribution in [1.82, 2.24) is 14.8 Å². The summed E-state index contributed by atoms with van der Waals surface area (Å²) in [4.78, 5) is 9.97. The number of aromatic amines is 1. The van der Waals surface area contributed by atoms with Crippen molar-refractivity contribution in [2.45, 2.75) is 20.4 Å². The van der Waals surface area contributed by atoms with Gasteiger partial charge in [0.1, 0.15) is 5.82 Å². The molecular formula is C12H13FN4O2S. The number of nitrogens with one attached hydrogen (secondary N) is 1. The molecule has 0 radical (unpaired) electrons. The summed E-state index contributed by atoms with van der Waals surface area (Å²) in [5.41, 5.74) is -0.112. The lowest BCUT2D eigenvalue weighted by Gasteiger charge is -2.09. The van der Waals surface area contributed by atoms with E-state index in [4.69, 9.17) is 12.2 Å². The molecule has 0 amide bonds. The van der Waals surface area contributed by atoms with Gasteiger partial charge in [0.05, 0.1) is 16.6 Å². The second-order valence-electron chi connectivity index (χ2n) is 4.78. The van der Waals surface area contributed by atoms with Gasteiger partial charge < -0.3 is 0 Å². The van der Waals surface area contributed by atoms with Crippen molar-refractivity contribution in [1.29, 1.82) is 0 Å². The zero-order valence-electron chi connectivity index (χ0n) is 11.0. The molecule has 1 heterocycles. The molecule has 20 heavy (non-hydrogen) atoms. The Balaban J connectivity index is 2.52. The van der Waals surface area contributed by atoms with Crippen LogP contribution in [-0.4, -0.2) is 19.7 Å². The van der Waals surface area contributed by atoms with Gasteiger partial charge in [0.25, 0.3) is 5.69 Å². The molecule has 0 aliphatic heterocycles. The van der Waals surface area contributed by atoms with E-state index in [0.717, 1.165) is 6.07 Å². The zero-order chi connectivity index (χ0) is 14.9. The summed E-state index contributed by atoms with van der Waals surface area (Å²) in [6, 6.07) is 3.47. The van der Waals surface area contributed by atoms with Crippen molar-refractivity contribution >= 4 is 17.9 Å². The molecule has 0 atom stereocenters. The lowest BCUT2D eigenvalue weighted by molar-refractivity contribution is -0.385. The van der Waals surface area contributed by atoms with E-state index in [-0.39, 0.29) is 11.3 Å². The number of non-ortho nitro benzene ring substituents is 1. The number of hydrogen-bond acceptors (Lipinski definition) is 4. The van der Waals surface area contributed by atoms with E-state index in [1.807, 2.05) is 13.8 Å². The molecule has 6 nitrogen and oxygen atoms in total. The van der Waals surface area contributed by atoms with E-state index >= 15 is 0 Å². The minimum atomic E-state index is -0.696. The van der Waals surface area contributed by atoms with E-state index in [1.54, 1.807) is 4.57 Å². The molecule has 0 fully saturated rings. The van der Waals surface area contributed by atoms with Crippen LogP contribution in [0.4, 0.5) is 10.1 Å². The van der Waals surface area contributed by atoms with Gasteiger partial charge in [-0.1, -0.05) is 13.8 Å². The van der Waals surface area contributed by atoms with Crippen molar-refractivity contribution in [3.8, 4) is 11.4 Å². The van der Waals surface area contributed by atoms with Crippen LogP contribution in [0.15, 0.2) is 18.2 Å². The van der Waals surface area contributed by atoms with Crippen molar-refractivity contribution in [2.24, 2.45) is 5.92 Å². The van der Waals surface area contributed by atoms with E-state index in [0.29, 0.717) is 23.1 Å². The Hall–Kier alpha value is -2.09. The summed E-state index contributed by atoms with van der Waals surface area (Å²) < 4.78 is 16.1. The third kappa shape index (κ3) is 2.74. The van der Waals surface area contributed by atoms with Crippen LogP contribution in [0.3, 0.4) is 0 Å². The summed E-state index contributed by atoms with van der Waals surface area (Å²) >= 11 is 5.12. The van der Waals surface area contributed by atoms with Crippen LogP contribution in [-0.2, 0) is 6.54 Å². The van der Waals surface area contributed by atoms with Gasteiger partial charge in [-0.05, 0) is 24.2 Å². The molecule has 2 aromatic rings. The smallest absolute Gasteiger partial charge is 0.272 e. The average Bonchev–Trinajstić information content (AvgIpc) is 2.70. The van der Waals surface area contributed by atoms with Crippen molar-refractivity contribution in [3.05, 3.63) is 38.9 Å². The molecule has 1 N–H and O–H groups in total. The second-order valence-corrected chi connectivity index (χ2v) is 5.16. The Bertz CT molecular complexity index is 708. The molecule has 0 spiro atoms. The molecule has 0 unspecified atom stereocenters. The molecule has 0 saturated heterocycles. The average molecular weight is 296 g/mol. The van der Waals surface area contributed by atoms with Gasteiger partial charge in [-0.2, -0.15) is 5.10 Å². The molecule has 106 valence electrons. The van der Waals surface area contributed by atoms with Gasteiger partial charge >= 0.3 is 0 Å². The number of nitrogens with zero attached hydrogens (tertiary/aromatic N) is 3. The third-order valence-corrected chi connectivity index (χ3v) is 3.02. The summed E-state index contributed by atoms with van der Waals surface area (Å²) in [7, 11) is 0. The first-order chi connectivity index (χ1) is 9.40. The maximum Gasteiger partial charge on any atom is 0.272 e. The predicted octanol–water partition coefficient (Wildman–Crippen LogP) is 3.31. The Morgan fingerprint density at radius 1 is 1.55 bits per heavy atom. The van der Waals surface area contributed by atoms with Gasteiger partial charge in [0.15, 0.2) is 10.6 Å². The fraction of sp³-hybridized carbons (Fsp3) is 0.333. The first-order valence-corrected chi connectivity index (χ1v) is 6.40. The molecular weight excluding hydrogens is 283 g/mol. The number of hydrogen-bond donors (Lipinski definition) is 1. The first-order valence-electron chi connectivity index (χ1n) is 5.99. The van der Waals surface area contributed by atoms with Gasteiger partial charge in [-0.25, -0.2) is 4.39 Å². The minimum absolute atomic E-state index is 0.184. The summed E-state index contributed by atoms with van der Waals surface area (Å²) in [6.07, 6.45) is 0. The highest BCUT2D eigenvalue weighted by atomic mass is 32.1. The lowest BCUT2D eigenvalue weighted by Crippen LogP contribution is -2.07. The van der Waals surface area contributed by atoms with Gasteiger partial charge in [-0.3, -0.25) is 19.8 Å². The van der Waals surface area contributed by atoms with Crippen LogP contribution in [0.2, 0.25) is 0 Å². The van der Waals surface area contributed by atoms with Crippen molar-refractivity contribution < 1.29 is 9.31 Å². The molecule has 0 aliphatic carbocycles. The number of benzene rings is 1. The third-order valence-electron chi connectivity index (χ3n) is 2.71. The molecule has 0 aliphatic rings. The molecule has 1 aromatic carbocycles. The zero-order valence-corrected chi connectivity index (χ0v) is 11.8. The highest BCUT2D eigenvalue weighted by Gasteiger charge is 2.17. The predicted molar refractivity (Wildman–Crippen MR) is 74.3 cm³/mol. The SMILES string of the molecule is CC(C)Cn1c(-c2ccc([N+](=O)[O-])cc2F)n[nH]c1=S. The molecule has 2 rings (SSSR count). The van der Waals surface area contributed by atoms with Crippen molar-refractivity contribution in [3.63, 3.8) is 0 Å². The van der Waals surface area contributed by atoms with Crippen LogP contribution in [0.5, 0.6) is 0 Å². The van der Waals surface area contributed by atoms with E-state index in [9.17, 15) is 14.5 Å². The van der Waals surface area contributed by atoms with Crippen LogP contribution >= 0.6 is 12.2 Å². The Morgan fingerprint density at radius 3 is 2.80 bits per heavy atom. The molecule has 8 heteroatoms. The van der Waals surface area contributed by atoms with Gasteiger partial charge in [0, 0.05) is 12.6 Å². The van der Waals surface area contributed by atoms with E-state index < -0.39 is 10.7 Å². The summed E-state index contributed by atoms with van der Waals surface area (Å²) in [6.45, 7) is 4.59. The lowest BCUT2D eigenvalue weighted by atomic mass is 10.1. The number of nitro benzene ring substituents is 1.